The number of nitrogens with zero attached hydrogens (tertiary/aromatic N) is 2. The largest absolute Gasteiger partial charge is 0.296 e. The molecule has 5 nitrogen and oxygen atoms in total. The van der Waals surface area contributed by atoms with E-state index in [1.54, 1.807) is 0 Å². The number of aromatic amines is 1. The Balaban J connectivity index is 1.70. The number of rotatable bonds is 2. The standard InChI is InChI=1S/C17H14N4OS/c1-9-6-7-12-11(8-9)15(21-20-12)16(22)19-17-18-14-10(2)4-3-5-13(14)23-17/h3-8H,1-2H3,(H,20,21)(H,18,19,22). The zero-order valence-corrected chi connectivity index (χ0v) is 13.5. The Hall–Kier alpha value is -2.73. The predicted octanol–water partition coefficient (Wildman–Crippen LogP) is 4.04. The van der Waals surface area contributed by atoms with Gasteiger partial charge in [0.25, 0.3) is 5.91 Å². The smallest absolute Gasteiger partial charge is 0.278 e. The Morgan fingerprint density at radius 1 is 1.22 bits per heavy atom. The number of thiazole rings is 1. The highest BCUT2D eigenvalue weighted by molar-refractivity contribution is 7.22. The molecule has 0 saturated heterocycles. The second-order valence-electron chi connectivity index (χ2n) is 5.52. The van der Waals surface area contributed by atoms with Crippen molar-refractivity contribution in [2.45, 2.75) is 13.8 Å². The van der Waals surface area contributed by atoms with Crippen LogP contribution in [0.2, 0.25) is 0 Å². The Morgan fingerprint density at radius 3 is 2.91 bits per heavy atom. The summed E-state index contributed by atoms with van der Waals surface area (Å²) in [5.74, 6) is -0.251. The summed E-state index contributed by atoms with van der Waals surface area (Å²) < 4.78 is 1.06. The molecule has 4 aromatic rings. The highest BCUT2D eigenvalue weighted by Gasteiger charge is 2.16. The quantitative estimate of drug-likeness (QED) is 0.585. The second-order valence-corrected chi connectivity index (χ2v) is 6.55. The van der Waals surface area contributed by atoms with Crippen molar-refractivity contribution in [1.29, 1.82) is 0 Å². The van der Waals surface area contributed by atoms with Crippen molar-refractivity contribution in [3.63, 3.8) is 0 Å². The lowest BCUT2D eigenvalue weighted by atomic mass is 10.1. The average molecular weight is 322 g/mol. The van der Waals surface area contributed by atoms with Gasteiger partial charge in [0.15, 0.2) is 10.8 Å². The van der Waals surface area contributed by atoms with Crippen molar-refractivity contribution < 1.29 is 4.79 Å². The van der Waals surface area contributed by atoms with Crippen LogP contribution in [0.25, 0.3) is 21.1 Å². The van der Waals surface area contributed by atoms with Crippen molar-refractivity contribution in [3.8, 4) is 0 Å². The van der Waals surface area contributed by atoms with Gasteiger partial charge >= 0.3 is 0 Å². The van der Waals surface area contributed by atoms with Gasteiger partial charge in [-0.2, -0.15) is 5.10 Å². The topological polar surface area (TPSA) is 70.7 Å². The molecule has 0 atom stereocenters. The van der Waals surface area contributed by atoms with E-state index in [4.69, 9.17) is 0 Å². The van der Waals surface area contributed by atoms with Crippen LogP contribution in [0.5, 0.6) is 0 Å². The van der Waals surface area contributed by atoms with Crippen LogP contribution in [0.3, 0.4) is 0 Å². The summed E-state index contributed by atoms with van der Waals surface area (Å²) in [7, 11) is 0. The van der Waals surface area contributed by atoms with Gasteiger partial charge in [0.05, 0.1) is 15.7 Å². The van der Waals surface area contributed by atoms with Crippen LogP contribution >= 0.6 is 11.3 Å². The lowest BCUT2D eigenvalue weighted by Crippen LogP contribution is -2.12. The first-order valence-electron chi connectivity index (χ1n) is 7.24. The van der Waals surface area contributed by atoms with Crippen molar-refractivity contribution in [2.75, 3.05) is 5.32 Å². The van der Waals surface area contributed by atoms with E-state index in [0.29, 0.717) is 10.8 Å². The number of fused-ring (bicyclic) bond motifs is 2. The molecular weight excluding hydrogens is 308 g/mol. The third kappa shape index (κ3) is 2.37. The first-order valence-corrected chi connectivity index (χ1v) is 8.06. The summed E-state index contributed by atoms with van der Waals surface area (Å²) >= 11 is 1.46. The maximum Gasteiger partial charge on any atom is 0.278 e. The summed E-state index contributed by atoms with van der Waals surface area (Å²) in [6.07, 6.45) is 0. The number of amides is 1. The van der Waals surface area contributed by atoms with Crippen LogP contribution in [0.1, 0.15) is 21.6 Å². The number of benzene rings is 2. The van der Waals surface area contributed by atoms with Crippen molar-refractivity contribution in [3.05, 3.63) is 53.2 Å². The third-order valence-corrected chi connectivity index (χ3v) is 4.71. The van der Waals surface area contributed by atoms with Crippen molar-refractivity contribution >= 4 is 43.5 Å². The molecule has 2 aromatic carbocycles. The lowest BCUT2D eigenvalue weighted by molar-refractivity contribution is 0.102. The molecule has 0 spiro atoms. The summed E-state index contributed by atoms with van der Waals surface area (Å²) in [6.45, 7) is 4.00. The first-order chi connectivity index (χ1) is 11.1. The van der Waals surface area contributed by atoms with Gasteiger partial charge in [-0.1, -0.05) is 35.1 Å². The summed E-state index contributed by atoms with van der Waals surface area (Å²) in [4.78, 5) is 17.0. The SMILES string of the molecule is Cc1ccc2[nH]nc(C(=O)Nc3nc4c(C)cccc4s3)c2c1. The number of para-hydroxylation sites is 1. The van der Waals surface area contributed by atoms with Gasteiger partial charge in [-0.05, 0) is 37.6 Å². The van der Waals surface area contributed by atoms with E-state index in [9.17, 15) is 4.79 Å². The summed E-state index contributed by atoms with van der Waals surface area (Å²) in [5, 5.41) is 11.3. The van der Waals surface area contributed by atoms with Crippen LogP contribution in [0, 0.1) is 13.8 Å². The maximum absolute atomic E-state index is 12.5. The van der Waals surface area contributed by atoms with Gasteiger partial charge < -0.3 is 0 Å². The number of aryl methyl sites for hydroxylation is 2. The second kappa shape index (κ2) is 5.17. The van der Waals surface area contributed by atoms with Gasteiger partial charge in [-0.15, -0.1) is 0 Å². The highest BCUT2D eigenvalue weighted by atomic mass is 32.1. The van der Waals surface area contributed by atoms with Gasteiger partial charge in [-0.25, -0.2) is 4.98 Å². The molecule has 0 unspecified atom stereocenters. The molecule has 6 heteroatoms. The minimum atomic E-state index is -0.251. The minimum absolute atomic E-state index is 0.251. The van der Waals surface area contributed by atoms with Gasteiger partial charge in [0.1, 0.15) is 0 Å². The molecule has 0 aliphatic carbocycles. The van der Waals surface area contributed by atoms with Crippen molar-refractivity contribution in [1.82, 2.24) is 15.2 Å². The molecule has 0 aliphatic rings. The van der Waals surface area contributed by atoms with E-state index in [1.165, 1.54) is 11.3 Å². The fraction of sp³-hybridized carbons (Fsp3) is 0.118. The maximum atomic E-state index is 12.5. The highest BCUT2D eigenvalue weighted by Crippen LogP contribution is 2.28. The molecule has 0 saturated carbocycles. The molecule has 23 heavy (non-hydrogen) atoms. The van der Waals surface area contributed by atoms with E-state index >= 15 is 0 Å². The Kier molecular flexibility index (Phi) is 3.12. The number of hydrogen-bond donors (Lipinski definition) is 2. The fourth-order valence-corrected chi connectivity index (χ4v) is 3.54. The number of hydrogen-bond acceptors (Lipinski definition) is 4. The third-order valence-electron chi connectivity index (χ3n) is 3.77. The molecular formula is C17H14N4OS. The van der Waals surface area contributed by atoms with Crippen LogP contribution in [0.15, 0.2) is 36.4 Å². The molecule has 4 rings (SSSR count). The molecule has 0 fully saturated rings. The van der Waals surface area contributed by atoms with Gasteiger partial charge in [0.2, 0.25) is 0 Å². The number of aromatic nitrogens is 3. The average Bonchev–Trinajstić information content (AvgIpc) is 3.11. The zero-order chi connectivity index (χ0) is 16.0. The van der Waals surface area contributed by atoms with Crippen LogP contribution in [0.4, 0.5) is 5.13 Å². The number of anilines is 1. The Bertz CT molecular complexity index is 1050. The zero-order valence-electron chi connectivity index (χ0n) is 12.7. The summed E-state index contributed by atoms with van der Waals surface area (Å²) in [6, 6.07) is 11.9. The van der Waals surface area contributed by atoms with Crippen LogP contribution in [-0.2, 0) is 0 Å². The van der Waals surface area contributed by atoms with E-state index in [1.807, 2.05) is 50.2 Å². The van der Waals surface area contributed by atoms with Gasteiger partial charge in [-0.3, -0.25) is 15.2 Å². The Labute approximate surface area is 136 Å². The number of carbonyl (C=O) groups is 1. The lowest BCUT2D eigenvalue weighted by Gasteiger charge is -1.99. The molecule has 0 radical (unpaired) electrons. The fourth-order valence-electron chi connectivity index (χ4n) is 2.60. The molecule has 0 bridgehead atoms. The number of carbonyl (C=O) groups excluding carboxylic acids is 1. The van der Waals surface area contributed by atoms with Crippen LogP contribution in [-0.4, -0.2) is 21.1 Å². The molecule has 1 amide bonds. The van der Waals surface area contributed by atoms with E-state index in [-0.39, 0.29) is 5.91 Å². The van der Waals surface area contributed by atoms with Crippen molar-refractivity contribution in [2.24, 2.45) is 0 Å². The minimum Gasteiger partial charge on any atom is -0.296 e. The monoisotopic (exact) mass is 322 g/mol. The molecule has 0 aliphatic heterocycles. The number of nitrogens with one attached hydrogen (secondary N) is 2. The molecule has 2 aromatic heterocycles. The first kappa shape index (κ1) is 13.9. The number of H-pyrrole nitrogens is 1. The molecule has 2 N–H and O–H groups in total. The Morgan fingerprint density at radius 2 is 2.09 bits per heavy atom. The van der Waals surface area contributed by atoms with E-state index < -0.39 is 0 Å². The van der Waals surface area contributed by atoms with E-state index in [2.05, 4.69) is 20.5 Å². The van der Waals surface area contributed by atoms with Crippen LogP contribution < -0.4 is 5.32 Å². The molecule has 2 heterocycles. The normalized spacial score (nSPS) is 11.2. The summed E-state index contributed by atoms with van der Waals surface area (Å²) in [5.41, 5.74) is 4.35. The van der Waals surface area contributed by atoms with E-state index in [0.717, 1.165) is 32.2 Å². The predicted molar refractivity (Wildman–Crippen MR) is 93.1 cm³/mol. The molecule has 114 valence electrons. The van der Waals surface area contributed by atoms with Gasteiger partial charge in [0, 0.05) is 5.39 Å².